The highest BCUT2D eigenvalue weighted by Gasteiger charge is 2.24. The third-order valence-corrected chi connectivity index (χ3v) is 4.05. The van der Waals surface area contributed by atoms with Gasteiger partial charge in [0.1, 0.15) is 0 Å². The van der Waals surface area contributed by atoms with Crippen molar-refractivity contribution in [1.29, 1.82) is 0 Å². The number of fused-ring (bicyclic) bond motifs is 1. The molecule has 2 nitrogen and oxygen atoms in total. The lowest BCUT2D eigenvalue weighted by atomic mass is 9.93. The van der Waals surface area contributed by atoms with Crippen molar-refractivity contribution in [3.63, 3.8) is 0 Å². The van der Waals surface area contributed by atoms with Crippen LogP contribution in [0.1, 0.15) is 48.0 Å². The molecule has 0 amide bonds. The van der Waals surface area contributed by atoms with Crippen LogP contribution in [0.4, 0.5) is 5.69 Å². The van der Waals surface area contributed by atoms with E-state index in [2.05, 4.69) is 17.4 Å². The normalized spacial score (nSPS) is 19.8. The van der Waals surface area contributed by atoms with Crippen LogP contribution in [0.5, 0.6) is 0 Å². The first-order chi connectivity index (χ1) is 8.34. The number of benzene rings is 1. The number of hydrogen-bond acceptors (Lipinski definition) is 2. The number of anilines is 1. The van der Waals surface area contributed by atoms with E-state index >= 15 is 0 Å². The van der Waals surface area contributed by atoms with Crippen LogP contribution < -0.4 is 5.32 Å². The molecule has 1 aliphatic carbocycles. The third-order valence-electron chi connectivity index (χ3n) is 4.05. The van der Waals surface area contributed by atoms with E-state index in [-0.39, 0.29) is 0 Å². The van der Waals surface area contributed by atoms with Gasteiger partial charge in [0.2, 0.25) is 0 Å². The van der Waals surface area contributed by atoms with Crippen molar-refractivity contribution < 1.29 is 4.79 Å². The number of hydrogen-bond donors (Lipinski definition) is 1. The molecule has 0 bridgehead atoms. The van der Waals surface area contributed by atoms with Crippen molar-refractivity contribution in [2.45, 2.75) is 38.5 Å². The summed E-state index contributed by atoms with van der Waals surface area (Å²) in [5.41, 5.74) is 3.47. The highest BCUT2D eigenvalue weighted by molar-refractivity contribution is 5.98. The Kier molecular flexibility index (Phi) is 2.87. The molecule has 2 heteroatoms. The molecule has 1 aliphatic heterocycles. The summed E-state index contributed by atoms with van der Waals surface area (Å²) in [6, 6.07) is 6.19. The molecule has 1 saturated carbocycles. The van der Waals surface area contributed by atoms with Crippen LogP contribution in [0.2, 0.25) is 0 Å². The van der Waals surface area contributed by atoms with Crippen LogP contribution >= 0.6 is 0 Å². The molecule has 90 valence electrons. The predicted molar refractivity (Wildman–Crippen MR) is 69.5 cm³/mol. The van der Waals surface area contributed by atoms with E-state index < -0.39 is 0 Å². The van der Waals surface area contributed by atoms with E-state index in [1.807, 2.05) is 6.07 Å². The summed E-state index contributed by atoms with van der Waals surface area (Å²) < 4.78 is 0. The molecule has 0 unspecified atom stereocenters. The Labute approximate surface area is 102 Å². The Morgan fingerprint density at radius 2 is 2.00 bits per heavy atom. The maximum Gasteiger partial charge on any atom is 0.165 e. The summed E-state index contributed by atoms with van der Waals surface area (Å²) >= 11 is 0. The monoisotopic (exact) mass is 229 g/mol. The number of ketones is 1. The molecule has 1 N–H and O–H groups in total. The van der Waals surface area contributed by atoms with Gasteiger partial charge >= 0.3 is 0 Å². The molecule has 1 fully saturated rings. The summed E-state index contributed by atoms with van der Waals surface area (Å²) in [6.07, 6.45) is 6.91. The Morgan fingerprint density at radius 3 is 2.82 bits per heavy atom. The van der Waals surface area contributed by atoms with Gasteiger partial charge in [0.05, 0.1) is 0 Å². The molecule has 2 aliphatic rings. The average Bonchev–Trinajstić information content (AvgIpc) is 2.91. The lowest BCUT2D eigenvalue weighted by Crippen LogP contribution is -2.15. The minimum absolute atomic E-state index is 0.296. The first kappa shape index (κ1) is 10.8. The van der Waals surface area contributed by atoms with Crippen molar-refractivity contribution in [3.05, 3.63) is 29.3 Å². The number of Topliss-reactive ketones (excluding diaryl/α,β-unsaturated/α-hetero) is 1. The first-order valence-corrected chi connectivity index (χ1v) is 6.75. The Bertz CT molecular complexity index is 433. The zero-order valence-corrected chi connectivity index (χ0v) is 10.2. The van der Waals surface area contributed by atoms with Crippen molar-refractivity contribution in [3.8, 4) is 0 Å². The fraction of sp³-hybridized carbons (Fsp3) is 0.533. The zero-order chi connectivity index (χ0) is 11.7. The molecule has 1 aromatic carbocycles. The standard InChI is InChI=1S/C15H19NO/c17-15(11-4-1-2-5-11)13-7-8-14-12(10-13)6-3-9-16-14/h7-8,10-11,16H,1-6,9H2. The van der Waals surface area contributed by atoms with Crippen LogP contribution in [0, 0.1) is 5.92 Å². The molecule has 1 aromatic rings. The number of carbonyl (C=O) groups is 1. The van der Waals surface area contributed by atoms with Crippen molar-refractivity contribution in [2.24, 2.45) is 5.92 Å². The van der Waals surface area contributed by atoms with Gasteiger partial charge in [0, 0.05) is 23.7 Å². The fourth-order valence-corrected chi connectivity index (χ4v) is 3.05. The number of aryl methyl sites for hydroxylation is 1. The van der Waals surface area contributed by atoms with Crippen LogP contribution in [-0.4, -0.2) is 12.3 Å². The first-order valence-electron chi connectivity index (χ1n) is 6.75. The molecular weight excluding hydrogens is 210 g/mol. The highest BCUT2D eigenvalue weighted by atomic mass is 16.1. The Balaban J connectivity index is 1.85. The fourth-order valence-electron chi connectivity index (χ4n) is 3.05. The van der Waals surface area contributed by atoms with Gasteiger partial charge < -0.3 is 5.32 Å². The maximum atomic E-state index is 12.3. The van der Waals surface area contributed by atoms with Gasteiger partial charge in [-0.2, -0.15) is 0 Å². The zero-order valence-electron chi connectivity index (χ0n) is 10.2. The molecule has 0 radical (unpaired) electrons. The molecule has 0 atom stereocenters. The van der Waals surface area contributed by atoms with E-state index in [0.29, 0.717) is 11.7 Å². The number of nitrogens with one attached hydrogen (secondary N) is 1. The SMILES string of the molecule is O=C(c1ccc2c(c1)CCCN2)C1CCCC1. The van der Waals surface area contributed by atoms with E-state index in [4.69, 9.17) is 0 Å². The van der Waals surface area contributed by atoms with Crippen molar-refractivity contribution >= 4 is 11.5 Å². The molecule has 0 aromatic heterocycles. The van der Waals surface area contributed by atoms with Gasteiger partial charge in [0.25, 0.3) is 0 Å². The lowest BCUT2D eigenvalue weighted by Gasteiger charge is -2.19. The van der Waals surface area contributed by atoms with E-state index in [0.717, 1.165) is 31.4 Å². The molecule has 17 heavy (non-hydrogen) atoms. The number of rotatable bonds is 2. The maximum absolute atomic E-state index is 12.3. The second-order valence-electron chi connectivity index (χ2n) is 5.25. The minimum atomic E-state index is 0.296. The molecular formula is C15H19NO. The van der Waals surface area contributed by atoms with E-state index in [1.165, 1.54) is 30.5 Å². The van der Waals surface area contributed by atoms with Gasteiger partial charge in [-0.1, -0.05) is 12.8 Å². The predicted octanol–water partition coefficient (Wildman–Crippen LogP) is 3.42. The summed E-state index contributed by atoms with van der Waals surface area (Å²) in [4.78, 5) is 12.3. The molecule has 0 saturated heterocycles. The second-order valence-corrected chi connectivity index (χ2v) is 5.25. The quantitative estimate of drug-likeness (QED) is 0.787. The van der Waals surface area contributed by atoms with Crippen molar-refractivity contribution in [1.82, 2.24) is 0 Å². The molecule has 1 heterocycles. The smallest absolute Gasteiger partial charge is 0.165 e. The number of carbonyl (C=O) groups excluding carboxylic acids is 1. The topological polar surface area (TPSA) is 29.1 Å². The average molecular weight is 229 g/mol. The largest absolute Gasteiger partial charge is 0.385 e. The van der Waals surface area contributed by atoms with Crippen LogP contribution in [0.15, 0.2) is 18.2 Å². The second kappa shape index (κ2) is 4.52. The van der Waals surface area contributed by atoms with Crippen LogP contribution in [0.3, 0.4) is 0 Å². The van der Waals surface area contributed by atoms with E-state index in [9.17, 15) is 4.79 Å². The summed E-state index contributed by atoms with van der Waals surface area (Å²) in [7, 11) is 0. The Morgan fingerprint density at radius 1 is 1.18 bits per heavy atom. The Hall–Kier alpha value is -1.31. The van der Waals surface area contributed by atoms with Gasteiger partial charge in [-0.25, -0.2) is 0 Å². The third kappa shape index (κ3) is 2.08. The van der Waals surface area contributed by atoms with Crippen LogP contribution in [0.25, 0.3) is 0 Å². The van der Waals surface area contributed by atoms with Crippen molar-refractivity contribution in [2.75, 3.05) is 11.9 Å². The van der Waals surface area contributed by atoms with Gasteiger partial charge in [0.15, 0.2) is 5.78 Å². The van der Waals surface area contributed by atoms with Gasteiger partial charge in [-0.3, -0.25) is 4.79 Å². The summed E-state index contributed by atoms with van der Waals surface area (Å²) in [6.45, 7) is 1.06. The minimum Gasteiger partial charge on any atom is -0.385 e. The molecule has 0 spiro atoms. The van der Waals surface area contributed by atoms with E-state index in [1.54, 1.807) is 0 Å². The lowest BCUT2D eigenvalue weighted by molar-refractivity contribution is 0.0923. The highest BCUT2D eigenvalue weighted by Crippen LogP contribution is 2.30. The molecule has 3 rings (SSSR count). The van der Waals surface area contributed by atoms with Crippen LogP contribution in [-0.2, 0) is 6.42 Å². The summed E-state index contributed by atoms with van der Waals surface area (Å²) in [5, 5.41) is 3.39. The van der Waals surface area contributed by atoms with Gasteiger partial charge in [-0.15, -0.1) is 0 Å². The van der Waals surface area contributed by atoms with Gasteiger partial charge in [-0.05, 0) is 49.4 Å². The summed E-state index contributed by atoms with van der Waals surface area (Å²) in [5.74, 6) is 0.667.